The molecule has 2 aromatic heterocycles. The summed E-state index contributed by atoms with van der Waals surface area (Å²) >= 11 is 0. The van der Waals surface area contributed by atoms with Gasteiger partial charge in [0.1, 0.15) is 5.69 Å². The van der Waals surface area contributed by atoms with Crippen molar-refractivity contribution in [2.45, 2.75) is 0 Å². The van der Waals surface area contributed by atoms with Crippen molar-refractivity contribution in [2.24, 2.45) is 7.05 Å². The Morgan fingerprint density at radius 1 is 1.30 bits per heavy atom. The Morgan fingerprint density at radius 2 is 2.05 bits per heavy atom. The van der Waals surface area contributed by atoms with Crippen LogP contribution in [0, 0.1) is 0 Å². The van der Waals surface area contributed by atoms with Crippen LogP contribution in [-0.2, 0) is 7.05 Å². The minimum Gasteiger partial charge on any atom is -0.477 e. The van der Waals surface area contributed by atoms with Crippen molar-refractivity contribution in [2.75, 3.05) is 0 Å². The number of aromatic nitrogens is 3. The lowest BCUT2D eigenvalue weighted by atomic mass is 10.1. The van der Waals surface area contributed by atoms with Gasteiger partial charge in [0.2, 0.25) is 5.78 Å². The molecule has 100 valence electrons. The predicted molar refractivity (Wildman–Crippen MR) is 71.9 cm³/mol. The molecule has 3 aromatic rings. The summed E-state index contributed by atoms with van der Waals surface area (Å²) in [6.45, 7) is 0. The molecule has 0 bridgehead atoms. The van der Waals surface area contributed by atoms with Gasteiger partial charge in [-0.1, -0.05) is 18.2 Å². The predicted octanol–water partition coefficient (Wildman–Crippen LogP) is 1.83. The number of rotatable bonds is 3. The Kier molecular flexibility index (Phi) is 2.64. The van der Waals surface area contributed by atoms with Gasteiger partial charge in [-0.2, -0.15) is 0 Å². The van der Waals surface area contributed by atoms with Gasteiger partial charge in [-0.05, 0) is 6.07 Å². The molecule has 1 aromatic carbocycles. The summed E-state index contributed by atoms with van der Waals surface area (Å²) in [6.07, 6.45) is 2.90. The number of H-pyrrole nitrogens is 1. The molecule has 0 atom stereocenters. The molecule has 0 aliphatic rings. The van der Waals surface area contributed by atoms with Gasteiger partial charge in [0.25, 0.3) is 0 Å². The smallest absolute Gasteiger partial charge is 0.354 e. The normalized spacial score (nSPS) is 10.8. The molecule has 0 aliphatic carbocycles. The monoisotopic (exact) mass is 269 g/mol. The maximum Gasteiger partial charge on any atom is 0.354 e. The number of hydrogen-bond donors (Lipinski definition) is 2. The number of ketones is 1. The van der Waals surface area contributed by atoms with Gasteiger partial charge in [-0.3, -0.25) is 4.79 Å². The molecule has 2 N–H and O–H groups in total. The van der Waals surface area contributed by atoms with Crippen LogP contribution in [0.2, 0.25) is 0 Å². The van der Waals surface area contributed by atoms with Crippen LogP contribution in [0.5, 0.6) is 0 Å². The number of carboxylic acid groups (broad SMARTS) is 1. The second-order valence-corrected chi connectivity index (χ2v) is 4.43. The highest BCUT2D eigenvalue weighted by Crippen LogP contribution is 2.23. The molecular formula is C14H11N3O3. The van der Waals surface area contributed by atoms with E-state index in [1.165, 1.54) is 6.33 Å². The summed E-state index contributed by atoms with van der Waals surface area (Å²) in [4.78, 5) is 29.9. The largest absolute Gasteiger partial charge is 0.477 e. The molecule has 3 rings (SSSR count). The number of nitrogens with one attached hydrogen (secondary N) is 1. The van der Waals surface area contributed by atoms with Gasteiger partial charge in [-0.25, -0.2) is 9.78 Å². The average Bonchev–Trinajstić information content (AvgIpc) is 3.04. The Bertz CT molecular complexity index is 829. The number of fused-ring (bicyclic) bond motifs is 1. The second-order valence-electron chi connectivity index (χ2n) is 4.43. The number of para-hydroxylation sites is 1. The van der Waals surface area contributed by atoms with Gasteiger partial charge < -0.3 is 14.7 Å². The molecule has 0 radical (unpaired) electrons. The first kappa shape index (κ1) is 12.2. The molecule has 0 amide bonds. The molecule has 20 heavy (non-hydrogen) atoms. The van der Waals surface area contributed by atoms with Crippen LogP contribution in [0.15, 0.2) is 36.8 Å². The summed E-state index contributed by atoms with van der Waals surface area (Å²) in [5.41, 5.74) is 1.08. The Morgan fingerprint density at radius 3 is 2.80 bits per heavy atom. The lowest BCUT2D eigenvalue weighted by Crippen LogP contribution is -2.09. The van der Waals surface area contributed by atoms with Crippen molar-refractivity contribution in [1.29, 1.82) is 0 Å². The summed E-state index contributed by atoms with van der Waals surface area (Å²) in [5, 5.41) is 9.82. The molecule has 2 heterocycles. The Balaban J connectivity index is 2.18. The minimum absolute atomic E-state index is 0.0751. The van der Waals surface area contributed by atoms with Crippen LogP contribution in [-0.4, -0.2) is 31.4 Å². The number of carbonyl (C=O) groups excluding carboxylic acids is 1. The van der Waals surface area contributed by atoms with E-state index in [-0.39, 0.29) is 11.4 Å². The van der Waals surface area contributed by atoms with Crippen molar-refractivity contribution in [3.05, 3.63) is 53.7 Å². The topological polar surface area (TPSA) is 88.0 Å². The van der Waals surface area contributed by atoms with E-state index >= 15 is 0 Å². The van der Waals surface area contributed by atoms with Crippen molar-refractivity contribution in [1.82, 2.24) is 14.5 Å². The standard InChI is InChI=1S/C14H11N3O3/c1-17-6-9(8-4-2-3-5-10(8)17)13(18)11-12(14(19)20)16-7-15-11/h2-7H,1H3,(H,15,16)(H,19,20). The van der Waals surface area contributed by atoms with Crippen LogP contribution in [0.1, 0.15) is 26.5 Å². The van der Waals surface area contributed by atoms with E-state index in [0.717, 1.165) is 10.9 Å². The highest BCUT2D eigenvalue weighted by Gasteiger charge is 2.23. The van der Waals surface area contributed by atoms with Crippen LogP contribution in [0.4, 0.5) is 0 Å². The summed E-state index contributed by atoms with van der Waals surface area (Å²) in [6, 6.07) is 7.44. The number of aromatic amines is 1. The van der Waals surface area contributed by atoms with Gasteiger partial charge >= 0.3 is 5.97 Å². The van der Waals surface area contributed by atoms with E-state index < -0.39 is 11.8 Å². The number of aryl methyl sites for hydroxylation is 1. The van der Waals surface area contributed by atoms with Crippen LogP contribution >= 0.6 is 0 Å². The van der Waals surface area contributed by atoms with Gasteiger partial charge in [0.05, 0.1) is 6.33 Å². The first-order valence-electron chi connectivity index (χ1n) is 5.95. The number of hydrogen-bond acceptors (Lipinski definition) is 3. The van der Waals surface area contributed by atoms with Crippen molar-refractivity contribution < 1.29 is 14.7 Å². The summed E-state index contributed by atoms with van der Waals surface area (Å²) in [5.74, 6) is -1.61. The minimum atomic E-state index is -1.20. The summed E-state index contributed by atoms with van der Waals surface area (Å²) < 4.78 is 1.83. The molecule has 0 saturated carbocycles. The first-order chi connectivity index (χ1) is 9.59. The van der Waals surface area contributed by atoms with Crippen molar-refractivity contribution >= 4 is 22.7 Å². The maximum atomic E-state index is 12.5. The number of carbonyl (C=O) groups is 2. The quantitative estimate of drug-likeness (QED) is 0.710. The molecule has 6 nitrogen and oxygen atoms in total. The maximum absolute atomic E-state index is 12.5. The second kappa shape index (κ2) is 4.34. The van der Waals surface area contributed by atoms with Gasteiger partial charge in [0.15, 0.2) is 5.69 Å². The molecule has 0 aliphatic heterocycles. The fourth-order valence-electron chi connectivity index (χ4n) is 2.28. The zero-order chi connectivity index (χ0) is 14.3. The highest BCUT2D eigenvalue weighted by molar-refractivity contribution is 6.18. The average molecular weight is 269 g/mol. The Labute approximate surface area is 113 Å². The van der Waals surface area contributed by atoms with Crippen LogP contribution < -0.4 is 0 Å². The van der Waals surface area contributed by atoms with E-state index in [4.69, 9.17) is 5.11 Å². The fourth-order valence-corrected chi connectivity index (χ4v) is 2.28. The van der Waals surface area contributed by atoms with Crippen molar-refractivity contribution in [3.63, 3.8) is 0 Å². The number of nitrogens with zero attached hydrogens (tertiary/aromatic N) is 2. The van der Waals surface area contributed by atoms with Crippen molar-refractivity contribution in [3.8, 4) is 0 Å². The summed E-state index contributed by atoms with van der Waals surface area (Å²) in [7, 11) is 1.84. The SMILES string of the molecule is Cn1cc(C(=O)c2nc[nH]c2C(=O)O)c2ccccc21. The number of aromatic carboxylic acids is 1. The van der Waals surface area contributed by atoms with E-state index in [1.807, 2.05) is 35.9 Å². The number of benzene rings is 1. The fraction of sp³-hybridized carbons (Fsp3) is 0.0714. The molecule has 0 saturated heterocycles. The van der Waals surface area contributed by atoms with Gasteiger partial charge in [0, 0.05) is 29.7 Å². The van der Waals surface area contributed by atoms with Gasteiger partial charge in [-0.15, -0.1) is 0 Å². The third-order valence-electron chi connectivity index (χ3n) is 3.21. The number of imidazole rings is 1. The van der Waals surface area contributed by atoms with Crippen LogP contribution in [0.3, 0.4) is 0 Å². The van der Waals surface area contributed by atoms with E-state index in [9.17, 15) is 9.59 Å². The number of carboxylic acids is 1. The Hall–Kier alpha value is -2.89. The molecule has 0 spiro atoms. The van der Waals surface area contributed by atoms with E-state index in [0.29, 0.717) is 5.56 Å². The molecule has 6 heteroatoms. The van der Waals surface area contributed by atoms with E-state index in [2.05, 4.69) is 9.97 Å². The molecule has 0 fully saturated rings. The lowest BCUT2D eigenvalue weighted by Gasteiger charge is -1.97. The molecule has 0 unspecified atom stereocenters. The van der Waals surface area contributed by atoms with E-state index in [1.54, 1.807) is 6.20 Å². The highest BCUT2D eigenvalue weighted by atomic mass is 16.4. The lowest BCUT2D eigenvalue weighted by molar-refractivity contribution is 0.0687. The third kappa shape index (κ3) is 1.70. The zero-order valence-electron chi connectivity index (χ0n) is 10.6. The zero-order valence-corrected chi connectivity index (χ0v) is 10.6. The third-order valence-corrected chi connectivity index (χ3v) is 3.21. The van der Waals surface area contributed by atoms with Crippen LogP contribution in [0.25, 0.3) is 10.9 Å². The first-order valence-corrected chi connectivity index (χ1v) is 5.95. The molecular weight excluding hydrogens is 258 g/mol.